The van der Waals surface area contributed by atoms with E-state index in [4.69, 9.17) is 0 Å². The number of aromatic nitrogens is 1. The van der Waals surface area contributed by atoms with Crippen molar-refractivity contribution in [1.82, 2.24) is 19.1 Å². The number of benzene rings is 1. The van der Waals surface area contributed by atoms with E-state index < -0.39 is 27.8 Å². The van der Waals surface area contributed by atoms with E-state index in [1.165, 1.54) is 11.4 Å². The van der Waals surface area contributed by atoms with E-state index in [-0.39, 0.29) is 12.6 Å². The van der Waals surface area contributed by atoms with Crippen molar-refractivity contribution in [2.24, 2.45) is 5.92 Å². The normalized spacial score (nSPS) is 16.8. The average Bonchev–Trinajstić information content (AvgIpc) is 3.19. The predicted octanol–water partition coefficient (Wildman–Crippen LogP) is 1.88. The zero-order chi connectivity index (χ0) is 25.8. The molecule has 1 atom stereocenters. The number of nitrogens with zero attached hydrogens (tertiary/aromatic N) is 3. The number of ketones is 1. The number of aliphatic hydroxyl groups is 1. The van der Waals surface area contributed by atoms with Crippen molar-refractivity contribution in [2.75, 3.05) is 46.0 Å². The Balaban J connectivity index is 1.43. The first-order valence-electron chi connectivity index (χ1n) is 12.2. The molecule has 0 bridgehead atoms. The summed E-state index contributed by atoms with van der Waals surface area (Å²) in [6, 6.07) is 7.79. The number of piperidine rings is 1. The number of rotatable bonds is 11. The number of hydrogen-bond acceptors (Lipinski definition) is 6. The molecule has 1 amide bonds. The maximum absolute atomic E-state index is 12.9. The number of hydrogen-bond donors (Lipinski definition) is 2. The Morgan fingerprint density at radius 3 is 2.49 bits per heavy atom. The number of carbonyl (C=O) groups is 2. The summed E-state index contributed by atoms with van der Waals surface area (Å²) in [4.78, 5) is 27.7. The molecule has 2 heterocycles. The van der Waals surface area contributed by atoms with Crippen LogP contribution in [-0.2, 0) is 14.8 Å². The Kier molecular flexibility index (Phi) is 9.09. The van der Waals surface area contributed by atoms with Crippen LogP contribution in [0.1, 0.15) is 49.5 Å². The van der Waals surface area contributed by atoms with Crippen LogP contribution < -0.4 is 5.32 Å². The van der Waals surface area contributed by atoms with Gasteiger partial charge in [-0.05, 0) is 58.2 Å². The van der Waals surface area contributed by atoms with Gasteiger partial charge in [0.05, 0.1) is 17.9 Å². The van der Waals surface area contributed by atoms with Crippen molar-refractivity contribution in [3.8, 4) is 0 Å². The molecule has 1 aliphatic rings. The van der Waals surface area contributed by atoms with Crippen LogP contribution in [-0.4, -0.2) is 91.1 Å². The summed E-state index contributed by atoms with van der Waals surface area (Å²) in [5, 5.41) is 13.8. The number of Topliss-reactive ketones (excluding diaryl/α,β-unsaturated/α-hetero) is 1. The largest absolute Gasteiger partial charge is 0.392 e. The lowest BCUT2D eigenvalue weighted by atomic mass is 9.91. The highest BCUT2D eigenvalue weighted by Crippen LogP contribution is 2.25. The standard InChI is InChI=1S/C25H38N4O5S/c1-18(2)29-17-22(21-7-5-6-8-23(21)29)24(31)25(32)26-11-14-28-12-9-19(10-13-28)15-20(30)16-27(3)35(4,33)34/h5-8,17-20,30H,9-16H2,1-4H3,(H,26,32)/t20-/m1/s1. The average molecular weight is 507 g/mol. The third-order valence-corrected chi connectivity index (χ3v) is 8.09. The Morgan fingerprint density at radius 1 is 1.20 bits per heavy atom. The van der Waals surface area contributed by atoms with E-state index in [1.54, 1.807) is 6.20 Å². The Morgan fingerprint density at radius 2 is 1.86 bits per heavy atom. The van der Waals surface area contributed by atoms with E-state index in [1.807, 2.05) is 42.7 Å². The minimum Gasteiger partial charge on any atom is -0.392 e. The number of likely N-dealkylation sites (tertiary alicyclic amines) is 1. The summed E-state index contributed by atoms with van der Waals surface area (Å²) in [7, 11) is -1.82. The van der Waals surface area contributed by atoms with Crippen molar-refractivity contribution in [2.45, 2.75) is 45.3 Å². The molecule has 1 aromatic heterocycles. The molecule has 10 heteroatoms. The van der Waals surface area contributed by atoms with Crippen molar-refractivity contribution in [3.63, 3.8) is 0 Å². The Labute approximate surface area is 208 Å². The maximum atomic E-state index is 12.9. The molecule has 1 saturated heterocycles. The number of para-hydroxylation sites is 1. The van der Waals surface area contributed by atoms with Crippen LogP contribution in [0.2, 0.25) is 0 Å². The number of sulfonamides is 1. The highest BCUT2D eigenvalue weighted by atomic mass is 32.2. The lowest BCUT2D eigenvalue weighted by Gasteiger charge is -2.33. The smallest absolute Gasteiger partial charge is 0.292 e. The molecule has 1 aromatic carbocycles. The van der Waals surface area contributed by atoms with Crippen molar-refractivity contribution < 1.29 is 23.1 Å². The van der Waals surface area contributed by atoms with Crippen LogP contribution in [0.15, 0.2) is 30.5 Å². The van der Waals surface area contributed by atoms with Gasteiger partial charge < -0.3 is 19.9 Å². The van der Waals surface area contributed by atoms with E-state index in [0.717, 1.165) is 43.1 Å². The van der Waals surface area contributed by atoms with Crippen molar-refractivity contribution in [3.05, 3.63) is 36.0 Å². The maximum Gasteiger partial charge on any atom is 0.292 e. The molecule has 9 nitrogen and oxygen atoms in total. The molecule has 0 aliphatic carbocycles. The van der Waals surface area contributed by atoms with Crippen LogP contribution in [0.25, 0.3) is 10.9 Å². The van der Waals surface area contributed by atoms with E-state index in [2.05, 4.69) is 10.2 Å². The molecular weight excluding hydrogens is 468 g/mol. The van der Waals surface area contributed by atoms with E-state index in [9.17, 15) is 23.1 Å². The quantitative estimate of drug-likeness (QED) is 0.356. The topological polar surface area (TPSA) is 112 Å². The molecule has 2 aromatic rings. The molecule has 0 saturated carbocycles. The van der Waals surface area contributed by atoms with Gasteiger partial charge in [-0.25, -0.2) is 12.7 Å². The summed E-state index contributed by atoms with van der Waals surface area (Å²) in [5.41, 5.74) is 1.36. The first-order chi connectivity index (χ1) is 16.5. The van der Waals surface area contributed by atoms with Crippen molar-refractivity contribution >= 4 is 32.6 Å². The molecule has 2 N–H and O–H groups in total. The van der Waals surface area contributed by atoms with E-state index >= 15 is 0 Å². The monoisotopic (exact) mass is 506 g/mol. The molecular formula is C25H38N4O5S. The number of fused-ring (bicyclic) bond motifs is 1. The molecule has 1 aliphatic heterocycles. The van der Waals surface area contributed by atoms with Crippen LogP contribution in [0, 0.1) is 5.92 Å². The van der Waals surface area contributed by atoms with E-state index in [0.29, 0.717) is 31.0 Å². The number of carbonyl (C=O) groups excluding carboxylic acids is 2. The van der Waals surface area contributed by atoms with Gasteiger partial charge in [-0.1, -0.05) is 18.2 Å². The van der Waals surface area contributed by atoms with Gasteiger partial charge >= 0.3 is 0 Å². The van der Waals surface area contributed by atoms with Gasteiger partial charge in [0.2, 0.25) is 10.0 Å². The fourth-order valence-corrected chi connectivity index (χ4v) is 5.12. The summed E-state index contributed by atoms with van der Waals surface area (Å²) in [6.45, 7) is 6.90. The first-order valence-corrected chi connectivity index (χ1v) is 14.1. The summed E-state index contributed by atoms with van der Waals surface area (Å²) in [5.74, 6) is -0.777. The molecule has 0 spiro atoms. The first kappa shape index (κ1) is 27.3. The van der Waals surface area contributed by atoms with Crippen LogP contribution in [0.3, 0.4) is 0 Å². The second-order valence-corrected chi connectivity index (χ2v) is 12.0. The summed E-state index contributed by atoms with van der Waals surface area (Å²) >= 11 is 0. The lowest BCUT2D eigenvalue weighted by molar-refractivity contribution is -0.117. The summed E-state index contributed by atoms with van der Waals surface area (Å²) < 4.78 is 26.2. The zero-order valence-corrected chi connectivity index (χ0v) is 21.9. The second-order valence-electron chi connectivity index (χ2n) is 9.86. The van der Waals surface area contributed by atoms with Gasteiger partial charge in [-0.3, -0.25) is 9.59 Å². The lowest BCUT2D eigenvalue weighted by Crippen LogP contribution is -2.42. The number of aliphatic hydroxyl groups excluding tert-OH is 1. The van der Waals surface area contributed by atoms with Gasteiger partial charge in [0.15, 0.2) is 0 Å². The van der Waals surface area contributed by atoms with Gasteiger partial charge in [0.1, 0.15) is 0 Å². The summed E-state index contributed by atoms with van der Waals surface area (Å²) in [6.07, 6.45) is 4.60. The molecule has 0 unspecified atom stereocenters. The third-order valence-electron chi connectivity index (χ3n) is 6.81. The number of nitrogens with one attached hydrogen (secondary N) is 1. The highest BCUT2D eigenvalue weighted by molar-refractivity contribution is 7.88. The highest BCUT2D eigenvalue weighted by Gasteiger charge is 2.25. The minimum absolute atomic E-state index is 0.106. The Hall–Kier alpha value is -2.27. The van der Waals surface area contributed by atoms with Crippen LogP contribution in [0.5, 0.6) is 0 Å². The second kappa shape index (κ2) is 11.6. The molecule has 1 fully saturated rings. The molecule has 3 rings (SSSR count). The molecule has 194 valence electrons. The number of likely N-dealkylation sites (N-methyl/N-ethyl adjacent to an activating group) is 1. The number of amides is 1. The Bertz CT molecular complexity index is 1140. The van der Waals surface area contributed by atoms with Crippen LogP contribution >= 0.6 is 0 Å². The SMILES string of the molecule is CC(C)n1cc(C(=O)C(=O)NCCN2CCC(C[C@@H](O)CN(C)S(C)(=O)=O)CC2)c2ccccc21. The molecule has 35 heavy (non-hydrogen) atoms. The van der Waals surface area contributed by atoms with Crippen molar-refractivity contribution in [1.29, 1.82) is 0 Å². The fraction of sp³-hybridized carbons (Fsp3) is 0.600. The fourth-order valence-electron chi connectivity index (χ4n) is 4.68. The minimum atomic E-state index is -3.30. The predicted molar refractivity (Wildman–Crippen MR) is 137 cm³/mol. The third kappa shape index (κ3) is 7.13. The molecule has 0 radical (unpaired) electrons. The zero-order valence-electron chi connectivity index (χ0n) is 21.1. The van der Waals surface area contributed by atoms with Gasteiger partial charge in [0.25, 0.3) is 11.7 Å². The van der Waals surface area contributed by atoms with Gasteiger partial charge in [-0.2, -0.15) is 0 Å². The van der Waals surface area contributed by atoms with Crippen LogP contribution in [0.4, 0.5) is 0 Å². The van der Waals surface area contributed by atoms with Gasteiger partial charge in [0, 0.05) is 49.8 Å². The van der Waals surface area contributed by atoms with Gasteiger partial charge in [-0.15, -0.1) is 0 Å².